The molecule has 0 spiro atoms. The third-order valence-corrected chi connectivity index (χ3v) is 3.75. The molecule has 0 unspecified atom stereocenters. The topological polar surface area (TPSA) is 38.9 Å². The summed E-state index contributed by atoms with van der Waals surface area (Å²) in [7, 11) is 0. The van der Waals surface area contributed by atoms with Crippen LogP contribution in [0.25, 0.3) is 0 Å². The second-order valence-electron chi connectivity index (χ2n) is 5.08. The monoisotopic (exact) mass is 244 g/mol. The molecule has 2 atom stereocenters. The third-order valence-electron chi connectivity index (χ3n) is 3.75. The van der Waals surface area contributed by atoms with Gasteiger partial charge in [0.2, 0.25) is 0 Å². The van der Waals surface area contributed by atoms with E-state index in [2.05, 4.69) is 4.98 Å². The van der Waals surface area contributed by atoms with Gasteiger partial charge in [0.05, 0.1) is 0 Å². The number of rotatable bonds is 2. The summed E-state index contributed by atoms with van der Waals surface area (Å²) in [5.41, 5.74) is 4.93. The first-order valence-corrected chi connectivity index (χ1v) is 5.52. The van der Waals surface area contributed by atoms with Gasteiger partial charge in [-0.2, -0.15) is 13.2 Å². The van der Waals surface area contributed by atoms with Gasteiger partial charge in [0, 0.05) is 6.20 Å². The highest BCUT2D eigenvalue weighted by molar-refractivity contribution is 5.36. The van der Waals surface area contributed by atoms with Crippen LogP contribution in [0.5, 0.6) is 0 Å². The first-order valence-electron chi connectivity index (χ1n) is 5.52. The van der Waals surface area contributed by atoms with Crippen molar-refractivity contribution in [2.75, 3.05) is 6.54 Å². The summed E-state index contributed by atoms with van der Waals surface area (Å²) in [6, 6.07) is 3.06. The highest BCUT2D eigenvalue weighted by Crippen LogP contribution is 2.64. The van der Waals surface area contributed by atoms with Crippen molar-refractivity contribution in [3.05, 3.63) is 29.6 Å². The molecule has 2 nitrogen and oxygen atoms in total. The Morgan fingerprint density at radius 1 is 1.41 bits per heavy atom. The standard InChI is InChI=1S/C12H15F3N2/c1-11(2)8(6-16)9(11)7-4-3-5-17-10(7)12(13,14)15/h3-5,8-9H,6,16H2,1-2H3/t8-,9-/m1/s1. The summed E-state index contributed by atoms with van der Waals surface area (Å²) in [5.74, 6) is -0.0365. The molecule has 0 bridgehead atoms. The smallest absolute Gasteiger partial charge is 0.330 e. The maximum Gasteiger partial charge on any atom is 0.433 e. The Morgan fingerprint density at radius 2 is 2.06 bits per heavy atom. The second-order valence-corrected chi connectivity index (χ2v) is 5.08. The van der Waals surface area contributed by atoms with E-state index in [4.69, 9.17) is 5.73 Å². The van der Waals surface area contributed by atoms with Gasteiger partial charge in [-0.1, -0.05) is 19.9 Å². The Bertz CT molecular complexity index is 426. The number of halogens is 3. The summed E-state index contributed by atoms with van der Waals surface area (Å²) in [4.78, 5) is 3.48. The highest BCUT2D eigenvalue weighted by Gasteiger charge is 2.59. The predicted molar refractivity (Wildman–Crippen MR) is 58.3 cm³/mol. The highest BCUT2D eigenvalue weighted by atomic mass is 19.4. The molecule has 0 aliphatic heterocycles. The van der Waals surface area contributed by atoms with Crippen LogP contribution in [0.2, 0.25) is 0 Å². The molecule has 1 fully saturated rings. The molecule has 0 aromatic carbocycles. The zero-order valence-corrected chi connectivity index (χ0v) is 9.75. The number of nitrogens with two attached hydrogens (primary N) is 1. The van der Waals surface area contributed by atoms with Gasteiger partial charge < -0.3 is 5.73 Å². The molecule has 5 heteroatoms. The maximum atomic E-state index is 12.8. The molecule has 0 amide bonds. The van der Waals surface area contributed by atoms with E-state index < -0.39 is 11.9 Å². The summed E-state index contributed by atoms with van der Waals surface area (Å²) >= 11 is 0. The minimum Gasteiger partial charge on any atom is -0.330 e. The SMILES string of the molecule is CC1(C)[C@H](CN)[C@H]1c1cccnc1C(F)(F)F. The normalized spacial score (nSPS) is 26.9. The van der Waals surface area contributed by atoms with Crippen molar-refractivity contribution >= 4 is 0 Å². The molecule has 17 heavy (non-hydrogen) atoms. The summed E-state index contributed by atoms with van der Waals surface area (Å²) in [6.45, 7) is 4.30. The van der Waals surface area contributed by atoms with Gasteiger partial charge in [-0.3, -0.25) is 4.98 Å². The van der Waals surface area contributed by atoms with E-state index in [1.54, 1.807) is 6.07 Å². The Morgan fingerprint density at radius 3 is 2.53 bits per heavy atom. The number of hydrogen-bond acceptors (Lipinski definition) is 2. The molecule has 1 aromatic heterocycles. The van der Waals surface area contributed by atoms with Gasteiger partial charge in [-0.05, 0) is 35.4 Å². The van der Waals surface area contributed by atoms with Crippen LogP contribution in [0.4, 0.5) is 13.2 Å². The molecule has 0 radical (unpaired) electrons. The molecule has 2 N–H and O–H groups in total. The fraction of sp³-hybridized carbons (Fsp3) is 0.583. The van der Waals surface area contributed by atoms with E-state index in [1.807, 2.05) is 13.8 Å². The van der Waals surface area contributed by atoms with Crippen LogP contribution in [-0.4, -0.2) is 11.5 Å². The van der Waals surface area contributed by atoms with Crippen LogP contribution in [-0.2, 0) is 6.18 Å². The molecular formula is C12H15F3N2. The zero-order chi connectivity index (χ0) is 12.8. The first-order chi connectivity index (χ1) is 7.80. The number of pyridine rings is 1. The third kappa shape index (κ3) is 1.92. The fourth-order valence-corrected chi connectivity index (χ4v) is 2.71. The van der Waals surface area contributed by atoms with Gasteiger partial charge in [-0.15, -0.1) is 0 Å². The van der Waals surface area contributed by atoms with E-state index in [0.29, 0.717) is 6.54 Å². The molecule has 1 aliphatic rings. The lowest BCUT2D eigenvalue weighted by Gasteiger charge is -2.12. The van der Waals surface area contributed by atoms with Crippen LogP contribution in [0, 0.1) is 11.3 Å². The number of hydrogen-bond donors (Lipinski definition) is 1. The van der Waals surface area contributed by atoms with E-state index >= 15 is 0 Å². The molecule has 94 valence electrons. The molecule has 0 saturated heterocycles. The van der Waals surface area contributed by atoms with Crippen molar-refractivity contribution in [3.8, 4) is 0 Å². The van der Waals surface area contributed by atoms with E-state index in [0.717, 1.165) is 0 Å². The average Bonchev–Trinajstić information content (AvgIpc) is 2.79. The summed E-state index contributed by atoms with van der Waals surface area (Å²) in [5, 5.41) is 0. The van der Waals surface area contributed by atoms with Crippen LogP contribution in [0.15, 0.2) is 18.3 Å². The van der Waals surface area contributed by atoms with Crippen LogP contribution in [0.1, 0.15) is 31.0 Å². The van der Waals surface area contributed by atoms with Crippen molar-refractivity contribution in [1.29, 1.82) is 0 Å². The summed E-state index contributed by atoms with van der Waals surface area (Å²) < 4.78 is 38.5. The fourth-order valence-electron chi connectivity index (χ4n) is 2.71. The maximum absolute atomic E-state index is 12.8. The molecule has 1 saturated carbocycles. The summed E-state index contributed by atoms with van der Waals surface area (Å²) in [6.07, 6.45) is -3.21. The predicted octanol–water partition coefficient (Wildman–Crippen LogP) is 2.80. The lowest BCUT2D eigenvalue weighted by Crippen LogP contribution is -2.12. The number of alkyl halides is 3. The van der Waals surface area contributed by atoms with E-state index in [9.17, 15) is 13.2 Å². The van der Waals surface area contributed by atoms with E-state index in [1.165, 1.54) is 12.3 Å². The van der Waals surface area contributed by atoms with Crippen molar-refractivity contribution in [2.24, 2.45) is 17.1 Å². The van der Waals surface area contributed by atoms with Crippen LogP contribution >= 0.6 is 0 Å². The Hall–Kier alpha value is -1.10. The van der Waals surface area contributed by atoms with Gasteiger partial charge in [0.1, 0.15) is 5.69 Å². The van der Waals surface area contributed by atoms with Crippen LogP contribution in [0.3, 0.4) is 0 Å². The van der Waals surface area contributed by atoms with Crippen LogP contribution < -0.4 is 5.73 Å². The molecule has 1 heterocycles. The molecule has 1 aromatic rings. The molecule has 1 aliphatic carbocycles. The van der Waals surface area contributed by atoms with Gasteiger partial charge in [0.15, 0.2) is 0 Å². The Kier molecular flexibility index (Phi) is 2.69. The van der Waals surface area contributed by atoms with Gasteiger partial charge in [-0.25, -0.2) is 0 Å². The lowest BCUT2D eigenvalue weighted by molar-refractivity contribution is -0.141. The van der Waals surface area contributed by atoms with Crippen molar-refractivity contribution in [2.45, 2.75) is 25.9 Å². The lowest BCUT2D eigenvalue weighted by atomic mass is 10.0. The number of aromatic nitrogens is 1. The first kappa shape index (κ1) is 12.4. The van der Waals surface area contributed by atoms with Crippen molar-refractivity contribution in [1.82, 2.24) is 4.98 Å². The quantitative estimate of drug-likeness (QED) is 0.868. The molecule has 2 rings (SSSR count). The minimum absolute atomic E-state index is 0.104. The van der Waals surface area contributed by atoms with Crippen molar-refractivity contribution < 1.29 is 13.2 Å². The zero-order valence-electron chi connectivity index (χ0n) is 9.75. The largest absolute Gasteiger partial charge is 0.433 e. The average molecular weight is 244 g/mol. The van der Waals surface area contributed by atoms with Crippen molar-refractivity contribution in [3.63, 3.8) is 0 Å². The second kappa shape index (κ2) is 3.70. The Labute approximate surface area is 98.0 Å². The van der Waals surface area contributed by atoms with E-state index in [-0.39, 0.29) is 22.8 Å². The molecular weight excluding hydrogens is 229 g/mol. The van der Waals surface area contributed by atoms with Gasteiger partial charge >= 0.3 is 6.18 Å². The number of nitrogens with zero attached hydrogens (tertiary/aromatic N) is 1. The minimum atomic E-state index is -4.39. The van der Waals surface area contributed by atoms with Gasteiger partial charge in [0.25, 0.3) is 0 Å². The Balaban J connectivity index is 2.42.